The summed E-state index contributed by atoms with van der Waals surface area (Å²) >= 11 is 0. The van der Waals surface area contributed by atoms with Crippen molar-refractivity contribution in [2.45, 2.75) is 0 Å². The first-order valence-corrected chi connectivity index (χ1v) is 5.39. The number of hydrogen-bond acceptors (Lipinski definition) is 8. The number of ether oxygens (including phenoxy) is 2. The summed E-state index contributed by atoms with van der Waals surface area (Å²) in [5.74, 6) is 0.927. The molecule has 0 aliphatic carbocycles. The summed E-state index contributed by atoms with van der Waals surface area (Å²) in [6.45, 7) is 2.99. The van der Waals surface area contributed by atoms with Gasteiger partial charge in [0.1, 0.15) is 0 Å². The van der Waals surface area contributed by atoms with Gasteiger partial charge >= 0.3 is 6.01 Å². The first-order chi connectivity index (χ1) is 8.31. The number of morpholine rings is 1. The van der Waals surface area contributed by atoms with E-state index in [-0.39, 0.29) is 6.01 Å². The zero-order valence-corrected chi connectivity index (χ0v) is 9.93. The molecule has 1 aliphatic rings. The predicted octanol–water partition coefficient (Wildman–Crippen LogP) is -0.419. The molecule has 0 aromatic carbocycles. The summed E-state index contributed by atoms with van der Waals surface area (Å²) in [5, 5.41) is 4.85. The Hall–Kier alpha value is -1.67. The average Bonchev–Trinajstić information content (AvgIpc) is 2.39. The van der Waals surface area contributed by atoms with Crippen molar-refractivity contribution in [2.75, 3.05) is 51.2 Å². The van der Waals surface area contributed by atoms with Gasteiger partial charge in [-0.15, -0.1) is 0 Å². The summed E-state index contributed by atoms with van der Waals surface area (Å²) < 4.78 is 10.3. The van der Waals surface area contributed by atoms with Crippen molar-refractivity contribution >= 4 is 11.9 Å². The van der Waals surface area contributed by atoms with Gasteiger partial charge in [0.25, 0.3) is 0 Å². The van der Waals surface area contributed by atoms with E-state index in [1.54, 1.807) is 7.05 Å². The van der Waals surface area contributed by atoms with Gasteiger partial charge < -0.3 is 14.8 Å². The van der Waals surface area contributed by atoms with Crippen molar-refractivity contribution in [2.24, 2.45) is 0 Å². The Morgan fingerprint density at radius 2 is 1.88 bits per heavy atom. The molecule has 0 radical (unpaired) electrons. The van der Waals surface area contributed by atoms with Gasteiger partial charge in [-0.3, -0.25) is 5.43 Å². The molecule has 0 bridgehead atoms. The van der Waals surface area contributed by atoms with Crippen LogP contribution in [-0.2, 0) is 4.74 Å². The number of methoxy groups -OCH3 is 1. The maximum absolute atomic E-state index is 5.26. The minimum atomic E-state index is 0.278. The topological polar surface area (TPSA) is 84.4 Å². The van der Waals surface area contributed by atoms with Crippen molar-refractivity contribution in [3.8, 4) is 6.01 Å². The molecule has 0 spiro atoms. The fraction of sp³-hybridized carbons (Fsp3) is 0.667. The molecule has 1 fully saturated rings. The van der Waals surface area contributed by atoms with Crippen LogP contribution in [0.3, 0.4) is 0 Å². The minimum Gasteiger partial charge on any atom is -0.467 e. The second-order valence-electron chi connectivity index (χ2n) is 3.43. The molecule has 8 nitrogen and oxygen atoms in total. The smallest absolute Gasteiger partial charge is 0.322 e. The van der Waals surface area contributed by atoms with Crippen molar-refractivity contribution in [3.63, 3.8) is 0 Å². The van der Waals surface area contributed by atoms with Crippen LogP contribution in [0.5, 0.6) is 6.01 Å². The van der Waals surface area contributed by atoms with Gasteiger partial charge in [0, 0.05) is 20.1 Å². The van der Waals surface area contributed by atoms with Crippen molar-refractivity contribution in [3.05, 3.63) is 0 Å². The molecular formula is C9H16N6O2. The van der Waals surface area contributed by atoms with Gasteiger partial charge in [-0.1, -0.05) is 0 Å². The predicted molar refractivity (Wildman–Crippen MR) is 61.9 cm³/mol. The normalized spacial score (nSPS) is 16.6. The first kappa shape index (κ1) is 11.8. The highest BCUT2D eigenvalue weighted by Crippen LogP contribution is 2.11. The van der Waals surface area contributed by atoms with Gasteiger partial charge in [-0.2, -0.15) is 15.0 Å². The number of nitrogens with one attached hydrogen (secondary N) is 2. The molecule has 1 saturated heterocycles. The largest absolute Gasteiger partial charge is 0.467 e. The Balaban J connectivity index is 2.07. The molecule has 0 amide bonds. The average molecular weight is 240 g/mol. The van der Waals surface area contributed by atoms with E-state index in [1.807, 2.05) is 5.01 Å². The zero-order chi connectivity index (χ0) is 12.1. The van der Waals surface area contributed by atoms with E-state index in [2.05, 4.69) is 25.7 Å². The van der Waals surface area contributed by atoms with Gasteiger partial charge in [0.2, 0.25) is 11.9 Å². The zero-order valence-electron chi connectivity index (χ0n) is 9.93. The highest BCUT2D eigenvalue weighted by molar-refractivity contribution is 5.34. The summed E-state index contributed by atoms with van der Waals surface area (Å²) in [6.07, 6.45) is 0. The van der Waals surface area contributed by atoms with E-state index in [9.17, 15) is 0 Å². The van der Waals surface area contributed by atoms with Crippen LogP contribution >= 0.6 is 0 Å². The molecule has 17 heavy (non-hydrogen) atoms. The summed E-state index contributed by atoms with van der Waals surface area (Å²) in [5.41, 5.74) is 3.10. The van der Waals surface area contributed by atoms with Crippen LogP contribution in [0.4, 0.5) is 11.9 Å². The minimum absolute atomic E-state index is 0.278. The molecule has 1 aromatic heterocycles. The number of rotatable bonds is 4. The van der Waals surface area contributed by atoms with E-state index in [0.717, 1.165) is 13.1 Å². The van der Waals surface area contributed by atoms with Crippen LogP contribution in [-0.4, -0.2) is 60.4 Å². The molecule has 2 rings (SSSR count). The molecule has 94 valence electrons. The summed E-state index contributed by atoms with van der Waals surface area (Å²) in [6, 6.07) is 0.278. The number of hydrogen-bond donors (Lipinski definition) is 2. The van der Waals surface area contributed by atoms with Gasteiger partial charge in [0.15, 0.2) is 0 Å². The van der Waals surface area contributed by atoms with Gasteiger partial charge in [-0.05, 0) is 0 Å². The van der Waals surface area contributed by atoms with Crippen LogP contribution in [0.15, 0.2) is 0 Å². The molecule has 1 aliphatic heterocycles. The maximum Gasteiger partial charge on any atom is 0.322 e. The highest BCUT2D eigenvalue weighted by Gasteiger charge is 2.13. The van der Waals surface area contributed by atoms with E-state index >= 15 is 0 Å². The van der Waals surface area contributed by atoms with E-state index in [0.29, 0.717) is 25.1 Å². The fourth-order valence-corrected chi connectivity index (χ4v) is 1.43. The quantitative estimate of drug-likeness (QED) is 0.734. The number of anilines is 2. The SMILES string of the molecule is CNc1nc(NN2CCOCC2)nc(OC)n1. The lowest BCUT2D eigenvalue weighted by Gasteiger charge is -2.26. The molecular weight excluding hydrogens is 224 g/mol. The van der Waals surface area contributed by atoms with Crippen molar-refractivity contribution < 1.29 is 9.47 Å². The third-order valence-electron chi connectivity index (χ3n) is 2.29. The fourth-order valence-electron chi connectivity index (χ4n) is 1.43. The molecule has 0 saturated carbocycles. The second-order valence-corrected chi connectivity index (χ2v) is 3.43. The maximum atomic E-state index is 5.26. The molecule has 0 unspecified atom stereocenters. The van der Waals surface area contributed by atoms with Crippen LogP contribution in [0.1, 0.15) is 0 Å². The monoisotopic (exact) mass is 240 g/mol. The van der Waals surface area contributed by atoms with Crippen molar-refractivity contribution in [1.82, 2.24) is 20.0 Å². The van der Waals surface area contributed by atoms with Gasteiger partial charge in [-0.25, -0.2) is 5.01 Å². The molecule has 1 aromatic rings. The Labute approximate surface area is 99.3 Å². The number of aromatic nitrogens is 3. The van der Waals surface area contributed by atoms with Crippen LogP contribution in [0.2, 0.25) is 0 Å². The van der Waals surface area contributed by atoms with Gasteiger partial charge in [0.05, 0.1) is 20.3 Å². The second kappa shape index (κ2) is 5.60. The molecule has 0 atom stereocenters. The summed E-state index contributed by atoms with van der Waals surface area (Å²) in [7, 11) is 3.26. The standard InChI is InChI=1S/C9H16N6O2/c1-10-7-11-8(13-9(12-7)16-2)14-15-3-5-17-6-4-15/h3-6H2,1-2H3,(H2,10,11,12,13,14). The van der Waals surface area contributed by atoms with Crippen LogP contribution in [0.25, 0.3) is 0 Å². The Kier molecular flexibility index (Phi) is 3.89. The Morgan fingerprint density at radius 3 is 2.53 bits per heavy atom. The highest BCUT2D eigenvalue weighted by atomic mass is 16.5. The Bertz CT molecular complexity index is 346. The molecule has 8 heteroatoms. The first-order valence-electron chi connectivity index (χ1n) is 5.39. The lowest BCUT2D eigenvalue weighted by atomic mass is 10.5. The van der Waals surface area contributed by atoms with Crippen molar-refractivity contribution in [1.29, 1.82) is 0 Å². The Morgan fingerprint density at radius 1 is 1.18 bits per heavy atom. The third kappa shape index (κ3) is 3.14. The van der Waals surface area contributed by atoms with Crippen LogP contribution in [0, 0.1) is 0 Å². The lowest BCUT2D eigenvalue weighted by molar-refractivity contribution is 0.0492. The summed E-state index contributed by atoms with van der Waals surface area (Å²) in [4.78, 5) is 12.3. The van der Waals surface area contributed by atoms with E-state index in [4.69, 9.17) is 9.47 Å². The van der Waals surface area contributed by atoms with E-state index in [1.165, 1.54) is 7.11 Å². The lowest BCUT2D eigenvalue weighted by Crippen LogP contribution is -2.40. The molecule has 2 heterocycles. The number of hydrazine groups is 1. The van der Waals surface area contributed by atoms with Crippen LogP contribution < -0.4 is 15.5 Å². The number of nitrogens with zero attached hydrogens (tertiary/aromatic N) is 4. The van der Waals surface area contributed by atoms with E-state index < -0.39 is 0 Å². The third-order valence-corrected chi connectivity index (χ3v) is 2.29. The molecule has 2 N–H and O–H groups in total.